The summed E-state index contributed by atoms with van der Waals surface area (Å²) in [7, 11) is 3.26. The first-order chi connectivity index (χ1) is 13.0. The van der Waals surface area contributed by atoms with Crippen LogP contribution in [-0.2, 0) is 34.3 Å². The third-order valence-electron chi connectivity index (χ3n) is 4.59. The molecule has 27 heavy (non-hydrogen) atoms. The first-order valence-corrected chi connectivity index (χ1v) is 8.79. The van der Waals surface area contributed by atoms with Crippen molar-refractivity contribution in [2.24, 2.45) is 7.05 Å². The second-order valence-electron chi connectivity index (χ2n) is 6.64. The van der Waals surface area contributed by atoms with Crippen LogP contribution < -0.4 is 5.32 Å². The lowest BCUT2D eigenvalue weighted by molar-refractivity contribution is -0.137. The quantitative estimate of drug-likeness (QED) is 0.818. The molecule has 1 aromatic carbocycles. The number of carbonyl (C=O) groups excluding carboxylic acids is 2. The Labute approximate surface area is 157 Å². The van der Waals surface area contributed by atoms with Gasteiger partial charge in [-0.25, -0.2) is 4.39 Å². The molecule has 144 valence electrons. The molecule has 1 aliphatic heterocycles. The zero-order valence-corrected chi connectivity index (χ0v) is 15.4. The number of methoxy groups -OCH3 is 1. The Balaban J connectivity index is 1.66. The highest BCUT2D eigenvalue weighted by Crippen LogP contribution is 2.27. The number of nitrogens with one attached hydrogen (secondary N) is 1. The standard InChI is InChI=1S/C19H23FN4O3/c1-23-9-14-10-24(17(25)12-27-2)11-16(18(14)22-23)19(26)21-8-7-13-3-5-15(20)6-4-13/h3-6,9,16H,7-8,10-12H2,1-2H3,(H,21,26). The summed E-state index contributed by atoms with van der Waals surface area (Å²) < 4.78 is 19.5. The van der Waals surface area contributed by atoms with E-state index in [4.69, 9.17) is 4.74 Å². The van der Waals surface area contributed by atoms with Crippen LogP contribution in [0.3, 0.4) is 0 Å². The summed E-state index contributed by atoms with van der Waals surface area (Å²) in [5.41, 5.74) is 2.51. The van der Waals surface area contributed by atoms with Crippen LogP contribution in [0.2, 0.25) is 0 Å². The maximum absolute atomic E-state index is 13.0. The fourth-order valence-corrected chi connectivity index (χ4v) is 3.26. The van der Waals surface area contributed by atoms with Crippen molar-refractivity contribution in [1.82, 2.24) is 20.0 Å². The van der Waals surface area contributed by atoms with Crippen LogP contribution in [0, 0.1) is 5.82 Å². The highest BCUT2D eigenvalue weighted by Gasteiger charge is 2.34. The maximum Gasteiger partial charge on any atom is 0.248 e. The molecule has 0 spiro atoms. The van der Waals surface area contributed by atoms with Gasteiger partial charge in [-0.2, -0.15) is 5.10 Å². The van der Waals surface area contributed by atoms with Gasteiger partial charge in [-0.15, -0.1) is 0 Å². The zero-order valence-electron chi connectivity index (χ0n) is 15.4. The molecule has 8 heteroatoms. The summed E-state index contributed by atoms with van der Waals surface area (Å²) in [5, 5.41) is 7.32. The van der Waals surface area contributed by atoms with E-state index >= 15 is 0 Å². The number of benzene rings is 1. The summed E-state index contributed by atoms with van der Waals surface area (Å²) in [4.78, 5) is 26.6. The Morgan fingerprint density at radius 2 is 2.07 bits per heavy atom. The average molecular weight is 374 g/mol. The van der Waals surface area contributed by atoms with E-state index in [2.05, 4.69) is 10.4 Å². The van der Waals surface area contributed by atoms with Crippen molar-refractivity contribution in [1.29, 1.82) is 0 Å². The predicted molar refractivity (Wildman–Crippen MR) is 96.4 cm³/mol. The minimum atomic E-state index is -0.524. The molecular formula is C19H23FN4O3. The van der Waals surface area contributed by atoms with Crippen LogP contribution in [0.4, 0.5) is 4.39 Å². The second kappa shape index (κ2) is 8.30. The molecule has 2 heterocycles. The molecule has 0 aliphatic carbocycles. The van der Waals surface area contributed by atoms with E-state index in [9.17, 15) is 14.0 Å². The molecule has 0 radical (unpaired) electrons. The molecule has 3 rings (SSSR count). The molecule has 0 fully saturated rings. The predicted octanol–water partition coefficient (Wildman–Crippen LogP) is 0.990. The van der Waals surface area contributed by atoms with Crippen molar-refractivity contribution in [3.8, 4) is 0 Å². The average Bonchev–Trinajstić information content (AvgIpc) is 3.02. The summed E-state index contributed by atoms with van der Waals surface area (Å²) >= 11 is 0. The van der Waals surface area contributed by atoms with E-state index in [0.29, 0.717) is 25.2 Å². The van der Waals surface area contributed by atoms with Gasteiger partial charge in [0.05, 0.1) is 11.6 Å². The fourth-order valence-electron chi connectivity index (χ4n) is 3.26. The number of rotatable bonds is 6. The molecule has 2 aromatic rings. The van der Waals surface area contributed by atoms with E-state index in [0.717, 1.165) is 11.1 Å². The third kappa shape index (κ3) is 4.51. The van der Waals surface area contributed by atoms with Gasteiger partial charge < -0.3 is 15.0 Å². The van der Waals surface area contributed by atoms with Crippen LogP contribution in [0.25, 0.3) is 0 Å². The number of aromatic nitrogens is 2. The van der Waals surface area contributed by atoms with Gasteiger partial charge >= 0.3 is 0 Å². The number of halogens is 1. The van der Waals surface area contributed by atoms with Gasteiger partial charge in [-0.1, -0.05) is 12.1 Å². The molecule has 1 atom stereocenters. The Morgan fingerprint density at radius 1 is 1.33 bits per heavy atom. The summed E-state index contributed by atoms with van der Waals surface area (Å²) in [6.07, 6.45) is 2.43. The van der Waals surface area contributed by atoms with E-state index in [1.807, 2.05) is 6.20 Å². The van der Waals surface area contributed by atoms with Crippen LogP contribution in [-0.4, -0.2) is 53.3 Å². The molecule has 1 unspecified atom stereocenters. The smallest absolute Gasteiger partial charge is 0.248 e. The fraction of sp³-hybridized carbons (Fsp3) is 0.421. The van der Waals surface area contributed by atoms with Crippen molar-refractivity contribution in [3.63, 3.8) is 0 Å². The SMILES string of the molecule is COCC(=O)N1Cc2cn(C)nc2C(C(=O)NCCc2ccc(F)cc2)C1. The van der Waals surface area contributed by atoms with Gasteiger partial charge in [-0.05, 0) is 24.1 Å². The van der Waals surface area contributed by atoms with Crippen molar-refractivity contribution in [2.45, 2.75) is 18.9 Å². The number of nitrogens with zero attached hydrogens (tertiary/aromatic N) is 3. The highest BCUT2D eigenvalue weighted by atomic mass is 19.1. The molecule has 1 aliphatic rings. The summed E-state index contributed by atoms with van der Waals surface area (Å²) in [6, 6.07) is 6.20. The molecule has 0 bridgehead atoms. The van der Waals surface area contributed by atoms with Gasteiger partial charge in [0.1, 0.15) is 12.4 Å². The summed E-state index contributed by atoms with van der Waals surface area (Å²) in [6.45, 7) is 1.10. The zero-order chi connectivity index (χ0) is 19.4. The van der Waals surface area contributed by atoms with Gasteiger partial charge in [-0.3, -0.25) is 14.3 Å². The Bertz CT molecular complexity index is 819. The van der Waals surface area contributed by atoms with Gasteiger partial charge in [0, 0.05) is 45.6 Å². The lowest BCUT2D eigenvalue weighted by Gasteiger charge is -2.31. The summed E-state index contributed by atoms with van der Waals surface area (Å²) in [5.74, 6) is -1.14. The number of amides is 2. The number of fused-ring (bicyclic) bond motifs is 1. The first kappa shape index (κ1) is 19.0. The van der Waals surface area contributed by atoms with E-state index in [-0.39, 0.29) is 30.8 Å². The largest absolute Gasteiger partial charge is 0.375 e. The van der Waals surface area contributed by atoms with Crippen LogP contribution in [0.15, 0.2) is 30.5 Å². The molecule has 1 aromatic heterocycles. The topological polar surface area (TPSA) is 76.5 Å². The lowest BCUT2D eigenvalue weighted by atomic mass is 9.95. The van der Waals surface area contributed by atoms with E-state index < -0.39 is 5.92 Å². The number of aryl methyl sites for hydroxylation is 1. The molecule has 0 saturated carbocycles. The van der Waals surface area contributed by atoms with Crippen LogP contribution >= 0.6 is 0 Å². The highest BCUT2D eigenvalue weighted by molar-refractivity contribution is 5.86. The minimum absolute atomic E-state index is 0.0193. The number of hydrogen-bond acceptors (Lipinski definition) is 4. The van der Waals surface area contributed by atoms with E-state index in [1.165, 1.54) is 19.2 Å². The molecule has 7 nitrogen and oxygen atoms in total. The van der Waals surface area contributed by atoms with E-state index in [1.54, 1.807) is 28.8 Å². The molecule has 0 saturated heterocycles. The molecule has 1 N–H and O–H groups in total. The number of carbonyl (C=O) groups is 2. The maximum atomic E-state index is 13.0. The van der Waals surface area contributed by atoms with Gasteiger partial charge in [0.2, 0.25) is 11.8 Å². The minimum Gasteiger partial charge on any atom is -0.375 e. The lowest BCUT2D eigenvalue weighted by Crippen LogP contribution is -2.45. The molecular weight excluding hydrogens is 351 g/mol. The van der Waals surface area contributed by atoms with Gasteiger partial charge in [0.25, 0.3) is 0 Å². The third-order valence-corrected chi connectivity index (χ3v) is 4.59. The second-order valence-corrected chi connectivity index (χ2v) is 6.64. The van der Waals surface area contributed by atoms with Crippen LogP contribution in [0.1, 0.15) is 22.7 Å². The monoisotopic (exact) mass is 374 g/mol. The van der Waals surface area contributed by atoms with Crippen molar-refractivity contribution >= 4 is 11.8 Å². The van der Waals surface area contributed by atoms with Crippen molar-refractivity contribution < 1.29 is 18.7 Å². The van der Waals surface area contributed by atoms with Crippen molar-refractivity contribution in [3.05, 3.63) is 53.1 Å². The Kier molecular flexibility index (Phi) is 5.85. The normalized spacial score (nSPS) is 16.1. The van der Waals surface area contributed by atoms with Crippen LogP contribution in [0.5, 0.6) is 0 Å². The Hall–Kier alpha value is -2.74. The number of ether oxygens (including phenoxy) is 1. The Morgan fingerprint density at radius 3 is 2.78 bits per heavy atom. The first-order valence-electron chi connectivity index (χ1n) is 8.79. The molecule has 2 amide bonds. The van der Waals surface area contributed by atoms with Gasteiger partial charge in [0.15, 0.2) is 0 Å². The number of hydrogen-bond donors (Lipinski definition) is 1. The van der Waals surface area contributed by atoms with Crippen molar-refractivity contribution in [2.75, 3.05) is 26.8 Å².